The molecular weight excluding hydrogens is 318 g/mol. The summed E-state index contributed by atoms with van der Waals surface area (Å²) in [5, 5.41) is 6.44. The number of unbranched alkanes of at least 4 members (excludes halogenated alkanes) is 10. The van der Waals surface area contributed by atoms with Gasteiger partial charge < -0.3 is 0 Å². The van der Waals surface area contributed by atoms with Crippen molar-refractivity contribution in [1.29, 1.82) is 0 Å². The lowest BCUT2D eigenvalue weighted by molar-refractivity contribution is 0.672. The SMILES string of the molecule is CCCCC[CH2][Al]([CH2]CCCCC)[CH2]CCCCC.CCC[CH2][AlH2]. The largest absolute Gasteiger partial charge is 0.261 e. The maximum atomic E-state index is 2.32. The van der Waals surface area contributed by atoms with Crippen LogP contribution in [0.1, 0.15) is 118 Å². The van der Waals surface area contributed by atoms with Crippen LogP contribution in [0, 0.1) is 0 Å². The first-order valence-corrected chi connectivity index (χ1v) is 15.6. The predicted octanol–water partition coefficient (Wildman–Crippen LogP) is 8.06. The number of rotatable bonds is 17. The second kappa shape index (κ2) is 26.3. The normalized spacial score (nSPS) is 10.3. The van der Waals surface area contributed by atoms with E-state index in [0.717, 1.165) is 0 Å². The van der Waals surface area contributed by atoms with Gasteiger partial charge in [0.1, 0.15) is 0 Å². The zero-order valence-electron chi connectivity index (χ0n) is 18.3. The van der Waals surface area contributed by atoms with Crippen LogP contribution in [0.25, 0.3) is 0 Å². The quantitative estimate of drug-likeness (QED) is 0.180. The van der Waals surface area contributed by atoms with Gasteiger partial charge in [-0.15, -0.1) is 5.28 Å². The Bertz CT molecular complexity index is 164. The Balaban J connectivity index is 0. The van der Waals surface area contributed by atoms with Crippen LogP contribution in [0.5, 0.6) is 0 Å². The molecule has 0 unspecified atom stereocenters. The maximum Gasteiger partial charge on any atom is 0.261 e. The lowest BCUT2D eigenvalue weighted by atomic mass is 10.2. The van der Waals surface area contributed by atoms with E-state index >= 15 is 0 Å². The van der Waals surface area contributed by atoms with Gasteiger partial charge in [-0.05, 0) is 0 Å². The van der Waals surface area contributed by atoms with Crippen molar-refractivity contribution in [3.05, 3.63) is 0 Å². The molecule has 0 nitrogen and oxygen atoms in total. The smallest absolute Gasteiger partial charge is 0.101 e. The summed E-state index contributed by atoms with van der Waals surface area (Å²) in [6.07, 6.45) is 20.5. The van der Waals surface area contributed by atoms with E-state index in [1.807, 2.05) is 0 Å². The molecule has 0 aromatic rings. The van der Waals surface area contributed by atoms with E-state index in [2.05, 4.69) is 27.7 Å². The summed E-state index contributed by atoms with van der Waals surface area (Å²) in [7, 11) is 0. The van der Waals surface area contributed by atoms with Gasteiger partial charge in [-0.1, -0.05) is 133 Å². The first-order chi connectivity index (χ1) is 11.8. The molecule has 0 aliphatic heterocycles. The first kappa shape index (κ1) is 27.3. The van der Waals surface area contributed by atoms with Crippen molar-refractivity contribution >= 4 is 30.4 Å². The van der Waals surface area contributed by atoms with Crippen molar-refractivity contribution in [2.24, 2.45) is 0 Å². The molecular formula is C22H50Al2. The highest BCUT2D eigenvalue weighted by Gasteiger charge is 2.15. The number of hydrogen-bond acceptors (Lipinski definition) is 0. The molecule has 0 aliphatic rings. The van der Waals surface area contributed by atoms with Gasteiger partial charge in [-0.2, -0.15) is 0 Å². The minimum absolute atomic E-state index is 0.362. The van der Waals surface area contributed by atoms with E-state index in [-0.39, 0.29) is 14.1 Å². The van der Waals surface area contributed by atoms with Crippen LogP contribution >= 0.6 is 0 Å². The average Bonchev–Trinajstić information content (AvgIpc) is 2.60. The highest BCUT2D eigenvalue weighted by atomic mass is 27.2. The molecule has 0 radical (unpaired) electrons. The Morgan fingerprint density at radius 1 is 0.458 bits per heavy atom. The fourth-order valence-electron chi connectivity index (χ4n) is 3.37. The Labute approximate surface area is 168 Å². The van der Waals surface area contributed by atoms with Crippen LogP contribution in [0.2, 0.25) is 21.1 Å². The molecule has 0 amide bonds. The second-order valence-electron chi connectivity index (χ2n) is 7.77. The molecule has 0 saturated carbocycles. The molecule has 0 atom stereocenters. The van der Waals surface area contributed by atoms with Gasteiger partial charge in [0.25, 0.3) is 14.1 Å². The zero-order chi connectivity index (χ0) is 18.3. The monoisotopic (exact) mass is 368 g/mol. The highest BCUT2D eigenvalue weighted by Crippen LogP contribution is 2.19. The van der Waals surface area contributed by atoms with Gasteiger partial charge in [-0.3, -0.25) is 0 Å². The second-order valence-corrected chi connectivity index (χ2v) is 12.2. The summed E-state index contributed by atoms with van der Waals surface area (Å²) in [6, 6.07) is 0. The van der Waals surface area contributed by atoms with Gasteiger partial charge in [0.2, 0.25) is 16.3 Å². The van der Waals surface area contributed by atoms with E-state index in [9.17, 15) is 0 Å². The Morgan fingerprint density at radius 2 is 0.792 bits per heavy atom. The third kappa shape index (κ3) is 25.3. The van der Waals surface area contributed by atoms with Crippen LogP contribution in [0.15, 0.2) is 0 Å². The van der Waals surface area contributed by atoms with E-state index in [0.29, 0.717) is 0 Å². The van der Waals surface area contributed by atoms with Crippen LogP contribution in [-0.4, -0.2) is 30.4 Å². The first-order valence-electron chi connectivity index (χ1n) is 11.8. The third-order valence-electron chi connectivity index (χ3n) is 5.10. The topological polar surface area (TPSA) is 0 Å². The van der Waals surface area contributed by atoms with Crippen molar-refractivity contribution in [2.45, 2.75) is 139 Å². The molecule has 0 bridgehead atoms. The average molecular weight is 369 g/mol. The molecule has 0 fully saturated rings. The van der Waals surface area contributed by atoms with Crippen molar-refractivity contribution in [2.75, 3.05) is 0 Å². The molecule has 0 heterocycles. The van der Waals surface area contributed by atoms with Crippen molar-refractivity contribution < 1.29 is 0 Å². The molecule has 0 spiro atoms. The number of hydrogen-bond donors (Lipinski definition) is 0. The summed E-state index contributed by atoms with van der Waals surface area (Å²) < 4.78 is 0. The van der Waals surface area contributed by atoms with E-state index in [4.69, 9.17) is 0 Å². The Morgan fingerprint density at radius 3 is 1.00 bits per heavy atom. The Hall–Kier alpha value is 1.06. The maximum absolute atomic E-state index is 2.32. The molecule has 24 heavy (non-hydrogen) atoms. The zero-order valence-corrected chi connectivity index (χ0v) is 21.5. The van der Waals surface area contributed by atoms with E-state index in [1.165, 1.54) is 92.2 Å². The molecule has 0 saturated heterocycles. The summed E-state index contributed by atoms with van der Waals surface area (Å²) >= 11 is 1.04. The van der Waals surface area contributed by atoms with E-state index in [1.54, 1.807) is 35.1 Å². The van der Waals surface area contributed by atoms with Gasteiger partial charge in [0.05, 0.1) is 0 Å². The molecule has 0 rings (SSSR count). The lowest BCUT2D eigenvalue weighted by Crippen LogP contribution is -2.11. The molecule has 2 heteroatoms. The molecule has 0 aromatic carbocycles. The van der Waals surface area contributed by atoms with Crippen LogP contribution in [0.4, 0.5) is 0 Å². The highest BCUT2D eigenvalue weighted by molar-refractivity contribution is 6.58. The van der Waals surface area contributed by atoms with E-state index < -0.39 is 0 Å². The predicted molar refractivity (Wildman–Crippen MR) is 121 cm³/mol. The minimum atomic E-state index is -0.362. The molecule has 0 aliphatic carbocycles. The molecule has 0 N–H and O–H groups in total. The standard InChI is InChI=1S/3C6H13.C4H9.2Al.2H/c3*1-3-5-6-4-2;1-3-4-2;;;;/h3*1,3-6H2,2H3;1,3-4H2,2H3;;;;. The van der Waals surface area contributed by atoms with Gasteiger partial charge in [0.15, 0.2) is 0 Å². The lowest BCUT2D eigenvalue weighted by Gasteiger charge is -2.11. The fraction of sp³-hybridized carbons (Fsp3) is 1.00. The van der Waals surface area contributed by atoms with Crippen LogP contribution in [-0.2, 0) is 0 Å². The summed E-state index contributed by atoms with van der Waals surface area (Å²) in [4.78, 5) is 0. The van der Waals surface area contributed by atoms with Gasteiger partial charge >= 0.3 is 0 Å². The Kier molecular flexibility index (Phi) is 29.9. The summed E-state index contributed by atoms with van der Waals surface area (Å²) in [5.41, 5.74) is 0. The molecule has 144 valence electrons. The summed E-state index contributed by atoms with van der Waals surface area (Å²) in [6.45, 7) is 9.21. The minimum Gasteiger partial charge on any atom is -0.101 e. The fourth-order valence-corrected chi connectivity index (χ4v) is 7.54. The van der Waals surface area contributed by atoms with Gasteiger partial charge in [-0.25, -0.2) is 0 Å². The van der Waals surface area contributed by atoms with Crippen molar-refractivity contribution in [3.63, 3.8) is 0 Å². The van der Waals surface area contributed by atoms with Crippen molar-refractivity contribution in [3.8, 4) is 0 Å². The third-order valence-corrected chi connectivity index (χ3v) is 9.49. The van der Waals surface area contributed by atoms with Crippen LogP contribution in [0.3, 0.4) is 0 Å². The molecule has 0 aromatic heterocycles. The summed E-state index contributed by atoms with van der Waals surface area (Å²) in [5.74, 6) is 0. The van der Waals surface area contributed by atoms with Crippen LogP contribution < -0.4 is 0 Å². The van der Waals surface area contributed by atoms with Crippen molar-refractivity contribution in [1.82, 2.24) is 0 Å². The van der Waals surface area contributed by atoms with Gasteiger partial charge in [0, 0.05) is 0 Å².